The highest BCUT2D eigenvalue weighted by molar-refractivity contribution is 7.89. The smallest absolute Gasteiger partial charge is 0.257 e. The third-order valence-corrected chi connectivity index (χ3v) is 10.2. The highest BCUT2D eigenvalue weighted by atomic mass is 32.2. The van der Waals surface area contributed by atoms with Gasteiger partial charge in [-0.25, -0.2) is 12.7 Å². The van der Waals surface area contributed by atoms with Crippen molar-refractivity contribution in [3.8, 4) is 0 Å². The van der Waals surface area contributed by atoms with Gasteiger partial charge in [0, 0.05) is 50.2 Å². The highest BCUT2D eigenvalue weighted by Crippen LogP contribution is 2.38. The van der Waals surface area contributed by atoms with Gasteiger partial charge in [0.2, 0.25) is 10.0 Å². The molecule has 3 heterocycles. The van der Waals surface area contributed by atoms with Gasteiger partial charge in [-0.15, -0.1) is 11.3 Å². The Balaban J connectivity index is 1.56. The van der Waals surface area contributed by atoms with E-state index in [4.69, 9.17) is 0 Å². The van der Waals surface area contributed by atoms with E-state index < -0.39 is 10.0 Å². The Hall–Kier alpha value is -2.27. The number of nitrogens with one attached hydrogen (secondary N) is 1. The molecule has 37 heavy (non-hydrogen) atoms. The largest absolute Gasteiger partial charge is 0.339 e. The summed E-state index contributed by atoms with van der Waals surface area (Å²) in [6, 6.07) is 6.03. The van der Waals surface area contributed by atoms with Crippen LogP contribution in [0.3, 0.4) is 0 Å². The molecular weight excluding hydrogens is 508 g/mol. The number of thiophene rings is 1. The van der Waals surface area contributed by atoms with Gasteiger partial charge in [-0.2, -0.15) is 0 Å². The molecule has 0 atom stereocenters. The maximum atomic E-state index is 13.5. The van der Waals surface area contributed by atoms with Gasteiger partial charge in [-0.05, 0) is 68.5 Å². The van der Waals surface area contributed by atoms with E-state index in [9.17, 15) is 18.0 Å². The van der Waals surface area contributed by atoms with Crippen LogP contribution in [0.2, 0.25) is 0 Å². The summed E-state index contributed by atoms with van der Waals surface area (Å²) in [5.74, 6) is -0.339. The summed E-state index contributed by atoms with van der Waals surface area (Å²) < 4.78 is 27.0. The second-order valence-corrected chi connectivity index (χ2v) is 13.0. The lowest BCUT2D eigenvalue weighted by Crippen LogP contribution is -2.33. The van der Waals surface area contributed by atoms with Gasteiger partial charge in [0.15, 0.2) is 0 Å². The summed E-state index contributed by atoms with van der Waals surface area (Å²) in [5.41, 5.74) is 2.07. The molecule has 2 aliphatic heterocycles. The van der Waals surface area contributed by atoms with Crippen LogP contribution < -0.4 is 5.32 Å². The molecule has 0 saturated carbocycles. The number of hydrogen-bond acceptors (Lipinski definition) is 6. The maximum Gasteiger partial charge on any atom is 0.257 e. The molecule has 10 heteroatoms. The molecule has 202 valence electrons. The summed E-state index contributed by atoms with van der Waals surface area (Å²) in [6.07, 6.45) is 5.58. The molecule has 1 aromatic heterocycles. The maximum absolute atomic E-state index is 13.5. The Bertz CT molecular complexity index is 1220. The molecular formula is C27H38N4O4S2. The van der Waals surface area contributed by atoms with Crippen LogP contribution in [0.15, 0.2) is 29.2 Å². The summed E-state index contributed by atoms with van der Waals surface area (Å²) >= 11 is 1.50. The van der Waals surface area contributed by atoms with Crippen LogP contribution in [-0.2, 0) is 23.0 Å². The second-order valence-electron chi connectivity index (χ2n) is 9.89. The Labute approximate surface area is 224 Å². The minimum absolute atomic E-state index is 0.00537. The van der Waals surface area contributed by atoms with E-state index in [0.717, 1.165) is 81.7 Å². The van der Waals surface area contributed by atoms with Crippen molar-refractivity contribution in [2.45, 2.75) is 63.8 Å². The highest BCUT2D eigenvalue weighted by Gasteiger charge is 2.32. The third kappa shape index (κ3) is 6.08. The van der Waals surface area contributed by atoms with E-state index in [1.807, 2.05) is 11.8 Å². The van der Waals surface area contributed by atoms with Gasteiger partial charge in [-0.3, -0.25) is 14.5 Å². The normalized spacial score (nSPS) is 16.3. The number of benzene rings is 1. The topological polar surface area (TPSA) is 90.0 Å². The Morgan fingerprint density at radius 3 is 2.41 bits per heavy atom. The van der Waals surface area contributed by atoms with E-state index in [2.05, 4.69) is 17.1 Å². The lowest BCUT2D eigenvalue weighted by Gasteiger charge is -2.27. The van der Waals surface area contributed by atoms with Crippen LogP contribution in [0.25, 0.3) is 0 Å². The minimum Gasteiger partial charge on any atom is -0.339 e. The van der Waals surface area contributed by atoms with Crippen molar-refractivity contribution in [2.75, 3.05) is 45.1 Å². The fraction of sp³-hybridized carbons (Fsp3) is 0.556. The van der Waals surface area contributed by atoms with E-state index in [1.54, 1.807) is 7.05 Å². The van der Waals surface area contributed by atoms with Gasteiger partial charge in [0.1, 0.15) is 5.00 Å². The number of fused-ring (bicyclic) bond motifs is 1. The number of carbonyl (C=O) groups is 2. The molecule has 8 nitrogen and oxygen atoms in total. The van der Waals surface area contributed by atoms with Gasteiger partial charge >= 0.3 is 0 Å². The summed E-state index contributed by atoms with van der Waals surface area (Å²) in [7, 11) is -2.03. The molecule has 1 aromatic carbocycles. The SMILES string of the molecule is CCCCN(C)S(=O)(=O)c1ccc(C(=O)Nc2sc3c(c2C(=O)N2CCCC2)CCN(CCC)C3)cc1. The van der Waals surface area contributed by atoms with Gasteiger partial charge in [-0.1, -0.05) is 20.3 Å². The molecule has 0 spiro atoms. The lowest BCUT2D eigenvalue weighted by atomic mass is 10.0. The van der Waals surface area contributed by atoms with Crippen molar-refractivity contribution >= 4 is 38.2 Å². The molecule has 1 N–H and O–H groups in total. The number of sulfonamides is 1. The molecule has 0 aliphatic carbocycles. The number of nitrogens with zero attached hydrogens (tertiary/aromatic N) is 3. The van der Waals surface area contributed by atoms with Crippen LogP contribution in [-0.4, -0.2) is 74.1 Å². The zero-order valence-corrected chi connectivity index (χ0v) is 23.7. The molecule has 2 aromatic rings. The first kappa shape index (κ1) is 27.8. The zero-order chi connectivity index (χ0) is 26.6. The number of unbranched alkanes of at least 4 members (excludes halogenated alkanes) is 1. The lowest BCUT2D eigenvalue weighted by molar-refractivity contribution is 0.0792. The van der Waals surface area contributed by atoms with E-state index >= 15 is 0 Å². The van der Waals surface area contributed by atoms with Crippen molar-refractivity contribution in [1.82, 2.24) is 14.1 Å². The average molecular weight is 547 g/mol. The number of carbonyl (C=O) groups excluding carboxylic acids is 2. The van der Waals surface area contributed by atoms with Crippen LogP contribution in [0.4, 0.5) is 5.00 Å². The monoisotopic (exact) mass is 546 g/mol. The summed E-state index contributed by atoms with van der Waals surface area (Å²) in [6.45, 7) is 8.85. The fourth-order valence-corrected chi connectivity index (χ4v) is 7.48. The van der Waals surface area contributed by atoms with Crippen LogP contribution in [0.5, 0.6) is 0 Å². The van der Waals surface area contributed by atoms with E-state index in [1.165, 1.54) is 39.9 Å². The van der Waals surface area contributed by atoms with Crippen molar-refractivity contribution in [1.29, 1.82) is 0 Å². The second kappa shape index (κ2) is 12.1. The summed E-state index contributed by atoms with van der Waals surface area (Å²) in [5, 5.41) is 3.60. The molecule has 2 aliphatic rings. The predicted octanol–water partition coefficient (Wildman–Crippen LogP) is 4.43. The van der Waals surface area contributed by atoms with Crippen molar-refractivity contribution in [3.05, 3.63) is 45.8 Å². The third-order valence-electron chi connectivity index (χ3n) is 7.16. The molecule has 0 bridgehead atoms. The van der Waals surface area contributed by atoms with Gasteiger partial charge in [0.05, 0.1) is 10.5 Å². The van der Waals surface area contributed by atoms with Crippen molar-refractivity contribution in [3.63, 3.8) is 0 Å². The number of hydrogen-bond donors (Lipinski definition) is 1. The first-order chi connectivity index (χ1) is 17.8. The van der Waals surface area contributed by atoms with E-state index in [-0.39, 0.29) is 16.7 Å². The zero-order valence-electron chi connectivity index (χ0n) is 22.1. The van der Waals surface area contributed by atoms with Crippen LogP contribution >= 0.6 is 11.3 Å². The van der Waals surface area contributed by atoms with Crippen molar-refractivity contribution in [2.24, 2.45) is 0 Å². The molecule has 1 fully saturated rings. The first-order valence-electron chi connectivity index (χ1n) is 13.3. The number of anilines is 1. The number of rotatable bonds is 10. The van der Waals surface area contributed by atoms with Crippen LogP contribution in [0.1, 0.15) is 77.1 Å². The predicted molar refractivity (Wildman–Crippen MR) is 148 cm³/mol. The number of likely N-dealkylation sites (tertiary alicyclic amines) is 1. The molecule has 0 unspecified atom stereocenters. The van der Waals surface area contributed by atoms with Gasteiger partial charge < -0.3 is 10.2 Å². The number of amides is 2. The molecule has 4 rings (SSSR count). The molecule has 0 radical (unpaired) electrons. The Morgan fingerprint density at radius 1 is 1.05 bits per heavy atom. The quantitative estimate of drug-likeness (QED) is 0.476. The van der Waals surface area contributed by atoms with E-state index in [0.29, 0.717) is 22.7 Å². The fourth-order valence-electron chi connectivity index (χ4n) is 4.99. The Morgan fingerprint density at radius 2 is 1.76 bits per heavy atom. The van der Waals surface area contributed by atoms with Gasteiger partial charge in [0.25, 0.3) is 11.8 Å². The minimum atomic E-state index is -3.60. The first-order valence-corrected chi connectivity index (χ1v) is 15.6. The Kier molecular flexibility index (Phi) is 9.05. The molecule has 2 amide bonds. The van der Waals surface area contributed by atoms with Crippen LogP contribution in [0, 0.1) is 0 Å². The average Bonchev–Trinajstić information content (AvgIpc) is 3.55. The van der Waals surface area contributed by atoms with Crippen molar-refractivity contribution < 1.29 is 18.0 Å². The standard InChI is InChI=1S/C27H38N4O4S2/c1-4-6-15-29(3)37(34,35)21-11-9-20(10-12-21)25(32)28-26-24(27(33)31-16-7-8-17-31)22-13-18-30(14-5-2)19-23(22)36-26/h9-12H,4-8,13-19H2,1-3H3,(H,28,32). The molecule has 1 saturated heterocycles. The summed E-state index contributed by atoms with van der Waals surface area (Å²) in [4.78, 5) is 32.3.